The first-order chi connectivity index (χ1) is 21.3. The molecule has 1 N–H and O–H groups in total. The van der Waals surface area contributed by atoms with E-state index in [1.54, 1.807) is 12.1 Å². The number of hydrogen-bond acceptors (Lipinski definition) is 8. The molecule has 2 aliphatic rings. The zero-order valence-corrected chi connectivity index (χ0v) is 24.0. The fourth-order valence-corrected chi connectivity index (χ4v) is 5.93. The Morgan fingerprint density at radius 3 is 2.27 bits per heavy atom. The number of nitrogens with zero attached hydrogens (tertiary/aromatic N) is 4. The second-order valence-electron chi connectivity index (χ2n) is 11.3. The number of alkyl halides is 6. The van der Waals surface area contributed by atoms with Crippen LogP contribution in [-0.4, -0.2) is 70.5 Å². The number of aldehydes is 1. The van der Waals surface area contributed by atoms with Gasteiger partial charge in [-0.05, 0) is 56.0 Å². The Kier molecular flexibility index (Phi) is 9.60. The number of carbonyl (C=O) groups excluding carboxylic acids is 1. The van der Waals surface area contributed by atoms with E-state index in [2.05, 4.69) is 15.2 Å². The van der Waals surface area contributed by atoms with Crippen molar-refractivity contribution in [1.82, 2.24) is 14.8 Å². The molecule has 45 heavy (non-hydrogen) atoms. The zero-order valence-electron chi connectivity index (χ0n) is 24.0. The van der Waals surface area contributed by atoms with Gasteiger partial charge in [-0.25, -0.2) is 0 Å². The second kappa shape index (κ2) is 13.3. The van der Waals surface area contributed by atoms with Crippen LogP contribution in [0.1, 0.15) is 42.5 Å². The molecule has 242 valence electrons. The molecule has 2 heterocycles. The van der Waals surface area contributed by atoms with E-state index in [9.17, 15) is 41.3 Å². The molecule has 0 bridgehead atoms. The van der Waals surface area contributed by atoms with Crippen molar-refractivity contribution in [3.8, 4) is 0 Å². The summed E-state index contributed by atoms with van der Waals surface area (Å²) in [5.41, 5.74) is -1.96. The third kappa shape index (κ3) is 7.89. The van der Waals surface area contributed by atoms with Gasteiger partial charge >= 0.3 is 12.4 Å². The molecule has 0 spiro atoms. The maximum atomic E-state index is 13.3. The topological polar surface area (TPSA) is 101 Å². The van der Waals surface area contributed by atoms with Crippen molar-refractivity contribution in [3.63, 3.8) is 0 Å². The van der Waals surface area contributed by atoms with E-state index in [1.807, 2.05) is 4.90 Å². The number of carbonyl (C=O) groups is 1. The van der Waals surface area contributed by atoms with Crippen LogP contribution in [0.25, 0.3) is 10.9 Å². The molecule has 0 amide bonds. The minimum absolute atomic E-state index is 0.0521. The van der Waals surface area contributed by atoms with Crippen LogP contribution in [0.2, 0.25) is 0 Å². The largest absolute Gasteiger partial charge is 0.423 e. The Hall–Kier alpha value is -3.82. The van der Waals surface area contributed by atoms with Gasteiger partial charge in [0.2, 0.25) is 0 Å². The lowest BCUT2D eigenvalue weighted by atomic mass is 9.92. The Morgan fingerprint density at radius 2 is 1.64 bits per heavy atom. The second-order valence-corrected chi connectivity index (χ2v) is 11.3. The van der Waals surface area contributed by atoms with Gasteiger partial charge in [-0.1, -0.05) is 12.1 Å². The fourth-order valence-electron chi connectivity index (χ4n) is 5.93. The summed E-state index contributed by atoms with van der Waals surface area (Å²) in [5.74, 6) is 0. The summed E-state index contributed by atoms with van der Waals surface area (Å²) >= 11 is 0. The first-order valence-electron chi connectivity index (χ1n) is 14.5. The number of hydrogen-bond donors (Lipinski definition) is 1. The number of nitro groups is 1. The van der Waals surface area contributed by atoms with Gasteiger partial charge in [-0.2, -0.15) is 26.3 Å². The molecule has 1 aliphatic carbocycles. The van der Waals surface area contributed by atoms with Crippen LogP contribution >= 0.6 is 0 Å². The minimum atomic E-state index is -4.86. The number of ether oxygens (including phenoxy) is 1. The summed E-state index contributed by atoms with van der Waals surface area (Å²) in [6, 6.07) is 9.69. The summed E-state index contributed by atoms with van der Waals surface area (Å²) in [5, 5.41) is 14.1. The number of piperazine rings is 1. The number of pyridine rings is 1. The Morgan fingerprint density at radius 1 is 0.956 bits per heavy atom. The van der Waals surface area contributed by atoms with Gasteiger partial charge in [0.1, 0.15) is 5.56 Å². The number of aromatic nitrogens is 1. The normalized spacial score (nSPS) is 21.0. The third-order valence-corrected chi connectivity index (χ3v) is 8.24. The van der Waals surface area contributed by atoms with E-state index in [-0.39, 0.29) is 28.7 Å². The summed E-state index contributed by atoms with van der Waals surface area (Å²) in [6.45, 7) is 2.72. The van der Waals surface area contributed by atoms with Crippen molar-refractivity contribution in [3.05, 3.63) is 75.5 Å². The van der Waals surface area contributed by atoms with Crippen LogP contribution in [0.15, 0.2) is 48.5 Å². The molecule has 0 radical (unpaired) electrons. The highest BCUT2D eigenvalue weighted by atomic mass is 19.4. The maximum absolute atomic E-state index is 13.3. The van der Waals surface area contributed by atoms with Gasteiger partial charge in [-0.3, -0.25) is 29.7 Å². The van der Waals surface area contributed by atoms with Crippen molar-refractivity contribution in [1.29, 1.82) is 0 Å². The van der Waals surface area contributed by atoms with Crippen molar-refractivity contribution in [2.45, 2.75) is 63.0 Å². The standard InChI is InChI=1S/C30H31F6N5O4/c31-29(32,33)24-2-1-3-26-23(24)10-6-21(38-26)17-39-12-14-40(15-13-39)28(18-42)45-22-8-4-19(5-9-22)37-20-7-11-27(41(43)44)25(16-20)30(34,35)36/h1-3,6-7,10-11,16,18-19,22,28,37H,4-5,8-9,12-15,17H2. The van der Waals surface area contributed by atoms with Crippen LogP contribution in [0.5, 0.6) is 0 Å². The quantitative estimate of drug-likeness (QED) is 0.127. The average molecular weight is 640 g/mol. The molecule has 3 aromatic rings. The monoisotopic (exact) mass is 639 g/mol. The SMILES string of the molecule is O=CC(OC1CCC(Nc2ccc([N+](=O)[O-])c(C(F)(F)F)c2)CC1)N1CCN(Cc2ccc3c(C(F)(F)F)cccc3n2)CC1. The molecule has 1 saturated heterocycles. The highest BCUT2D eigenvalue weighted by Crippen LogP contribution is 2.38. The number of rotatable bonds is 9. The molecular formula is C30H31F6N5O4. The van der Waals surface area contributed by atoms with Crippen molar-refractivity contribution >= 4 is 28.6 Å². The lowest BCUT2D eigenvalue weighted by molar-refractivity contribution is -0.388. The van der Waals surface area contributed by atoms with Crippen LogP contribution in [-0.2, 0) is 28.4 Å². The molecule has 2 fully saturated rings. The van der Waals surface area contributed by atoms with E-state index in [0.29, 0.717) is 64.1 Å². The van der Waals surface area contributed by atoms with Crippen LogP contribution < -0.4 is 5.32 Å². The molecule has 1 unspecified atom stereocenters. The van der Waals surface area contributed by atoms with Crippen molar-refractivity contribution in [2.24, 2.45) is 0 Å². The Bertz CT molecular complexity index is 1520. The van der Waals surface area contributed by atoms with Crippen molar-refractivity contribution < 1.29 is 40.8 Å². The van der Waals surface area contributed by atoms with Gasteiger partial charge in [0, 0.05) is 55.9 Å². The summed E-state index contributed by atoms with van der Waals surface area (Å²) < 4.78 is 86.0. The predicted molar refractivity (Wildman–Crippen MR) is 152 cm³/mol. The minimum Gasteiger partial charge on any atom is -0.382 e. The molecule has 1 saturated carbocycles. The average Bonchev–Trinajstić information content (AvgIpc) is 3.00. The molecule has 1 atom stereocenters. The number of nitro benzene ring substituents is 1. The number of halogens is 6. The Labute approximate surface area is 254 Å². The van der Waals surface area contributed by atoms with E-state index in [4.69, 9.17) is 4.74 Å². The van der Waals surface area contributed by atoms with Crippen LogP contribution in [0.3, 0.4) is 0 Å². The van der Waals surface area contributed by atoms with Gasteiger partial charge in [-0.15, -0.1) is 0 Å². The smallest absolute Gasteiger partial charge is 0.382 e. The van der Waals surface area contributed by atoms with E-state index < -0.39 is 40.3 Å². The molecule has 5 rings (SSSR count). The number of benzene rings is 2. The molecular weight excluding hydrogens is 608 g/mol. The number of anilines is 1. The lowest BCUT2D eigenvalue weighted by Crippen LogP contribution is -2.52. The Balaban J connectivity index is 1.10. The van der Waals surface area contributed by atoms with Gasteiger partial charge < -0.3 is 10.1 Å². The van der Waals surface area contributed by atoms with Gasteiger partial charge in [0.25, 0.3) is 5.69 Å². The molecule has 1 aliphatic heterocycles. The highest BCUT2D eigenvalue weighted by molar-refractivity contribution is 5.82. The van der Waals surface area contributed by atoms with Crippen molar-refractivity contribution in [2.75, 3.05) is 31.5 Å². The van der Waals surface area contributed by atoms with Gasteiger partial charge in [0.15, 0.2) is 12.5 Å². The first kappa shape index (κ1) is 32.6. The first-order valence-corrected chi connectivity index (χ1v) is 14.5. The molecule has 2 aromatic carbocycles. The molecule has 15 heteroatoms. The van der Waals surface area contributed by atoms with Gasteiger partial charge in [0.05, 0.1) is 27.8 Å². The third-order valence-electron chi connectivity index (χ3n) is 8.24. The van der Waals surface area contributed by atoms with E-state index in [1.165, 1.54) is 18.2 Å². The number of fused-ring (bicyclic) bond motifs is 1. The summed E-state index contributed by atoms with van der Waals surface area (Å²) in [6.07, 6.45) is -7.26. The highest BCUT2D eigenvalue weighted by Gasteiger charge is 2.39. The molecule has 1 aromatic heterocycles. The number of nitrogens with one attached hydrogen (secondary N) is 1. The lowest BCUT2D eigenvalue weighted by Gasteiger charge is -2.39. The zero-order chi connectivity index (χ0) is 32.4. The maximum Gasteiger partial charge on any atom is 0.423 e. The fraction of sp³-hybridized carbons (Fsp3) is 0.467. The van der Waals surface area contributed by atoms with E-state index in [0.717, 1.165) is 24.5 Å². The summed E-state index contributed by atoms with van der Waals surface area (Å²) in [4.78, 5) is 30.4. The van der Waals surface area contributed by atoms with E-state index >= 15 is 0 Å². The summed E-state index contributed by atoms with van der Waals surface area (Å²) in [7, 11) is 0. The molecule has 9 nitrogen and oxygen atoms in total. The van der Waals surface area contributed by atoms with Crippen LogP contribution in [0.4, 0.5) is 37.7 Å². The predicted octanol–water partition coefficient (Wildman–Crippen LogP) is 6.26. The van der Waals surface area contributed by atoms with Crippen LogP contribution in [0, 0.1) is 10.1 Å².